The monoisotopic (exact) mass is 387 g/mol. The molecule has 0 spiro atoms. The number of carbonyl (C=O) groups is 2. The number of imidazole rings is 1. The molecule has 7 nitrogen and oxygen atoms in total. The number of nitrogens with zero attached hydrogens (tertiary/aromatic N) is 2. The van der Waals surface area contributed by atoms with E-state index in [1.807, 2.05) is 6.92 Å². The molecule has 0 unspecified atom stereocenters. The van der Waals surface area contributed by atoms with Crippen molar-refractivity contribution in [3.05, 3.63) is 58.6 Å². The highest BCUT2D eigenvalue weighted by molar-refractivity contribution is 6.32. The van der Waals surface area contributed by atoms with Gasteiger partial charge in [-0.2, -0.15) is 0 Å². The van der Waals surface area contributed by atoms with Crippen molar-refractivity contribution in [3.8, 4) is 22.8 Å². The molecule has 0 aliphatic heterocycles. The Morgan fingerprint density at radius 2 is 2.07 bits per heavy atom. The summed E-state index contributed by atoms with van der Waals surface area (Å²) in [6.45, 7) is 1.58. The third kappa shape index (κ3) is 4.12. The van der Waals surface area contributed by atoms with E-state index in [2.05, 4.69) is 20.3 Å². The van der Waals surface area contributed by atoms with Gasteiger partial charge in [0, 0.05) is 11.1 Å². The molecule has 9 heteroatoms. The Labute approximate surface area is 158 Å². The van der Waals surface area contributed by atoms with Gasteiger partial charge in [-0.3, -0.25) is 9.59 Å². The third-order valence-corrected chi connectivity index (χ3v) is 4.08. The smallest absolute Gasteiger partial charge is 0.251 e. The molecule has 0 aliphatic rings. The number of amides is 2. The highest BCUT2D eigenvalue weighted by Gasteiger charge is 2.16. The quantitative estimate of drug-likeness (QED) is 0.623. The lowest BCUT2D eigenvalue weighted by Gasteiger charge is -2.08. The van der Waals surface area contributed by atoms with Crippen LogP contribution in [0.25, 0.3) is 22.8 Å². The number of primary amides is 1. The standard InChI is InChI=1S/C18H15ClFN5O2/c1-9-6-10(18(27)23-8-14(21)26)2-4-12(9)15-16(19)25-17(24-15)13-5-3-11(20)7-22-13/h2-7H,8H2,1H3,(H2,21,26)(H,23,27)(H,24,25). The Kier molecular flexibility index (Phi) is 5.18. The summed E-state index contributed by atoms with van der Waals surface area (Å²) in [5.74, 6) is -1.08. The van der Waals surface area contributed by atoms with Gasteiger partial charge in [-0.05, 0) is 36.8 Å². The predicted octanol–water partition coefficient (Wildman–Crippen LogP) is 2.45. The summed E-state index contributed by atoms with van der Waals surface area (Å²) in [6, 6.07) is 7.76. The molecule has 0 radical (unpaired) electrons. The van der Waals surface area contributed by atoms with Gasteiger partial charge in [-0.1, -0.05) is 17.7 Å². The van der Waals surface area contributed by atoms with Crippen LogP contribution in [0.15, 0.2) is 36.5 Å². The minimum Gasteiger partial charge on any atom is -0.368 e. The molecule has 4 N–H and O–H groups in total. The zero-order chi connectivity index (χ0) is 19.6. The molecule has 2 amide bonds. The van der Waals surface area contributed by atoms with Crippen molar-refractivity contribution in [1.82, 2.24) is 20.3 Å². The van der Waals surface area contributed by atoms with E-state index in [0.717, 1.165) is 17.3 Å². The number of rotatable bonds is 5. The number of carbonyl (C=O) groups excluding carboxylic acids is 2. The van der Waals surface area contributed by atoms with E-state index in [4.69, 9.17) is 17.3 Å². The van der Waals surface area contributed by atoms with E-state index in [9.17, 15) is 14.0 Å². The first-order valence-electron chi connectivity index (χ1n) is 7.90. The molecular weight excluding hydrogens is 373 g/mol. The number of hydrogen-bond acceptors (Lipinski definition) is 4. The molecule has 0 bridgehead atoms. The van der Waals surface area contributed by atoms with Crippen molar-refractivity contribution in [3.63, 3.8) is 0 Å². The minimum absolute atomic E-state index is 0.227. The Bertz CT molecular complexity index is 1020. The Morgan fingerprint density at radius 3 is 2.70 bits per heavy atom. The minimum atomic E-state index is -0.622. The molecule has 0 fully saturated rings. The maximum Gasteiger partial charge on any atom is 0.251 e. The second-order valence-electron chi connectivity index (χ2n) is 5.79. The lowest BCUT2D eigenvalue weighted by molar-refractivity contribution is -0.117. The topological polar surface area (TPSA) is 114 Å². The zero-order valence-electron chi connectivity index (χ0n) is 14.2. The fraction of sp³-hybridized carbons (Fsp3) is 0.111. The van der Waals surface area contributed by atoms with Crippen molar-refractivity contribution in [2.24, 2.45) is 5.73 Å². The van der Waals surface area contributed by atoms with Crippen molar-refractivity contribution < 1.29 is 14.0 Å². The Balaban J connectivity index is 1.89. The van der Waals surface area contributed by atoms with Crippen LogP contribution in [0.4, 0.5) is 4.39 Å². The van der Waals surface area contributed by atoms with Crippen molar-refractivity contribution in [2.45, 2.75) is 6.92 Å². The number of nitrogens with two attached hydrogens (primary N) is 1. The molecule has 0 atom stereocenters. The van der Waals surface area contributed by atoms with Gasteiger partial charge in [0.25, 0.3) is 5.91 Å². The van der Waals surface area contributed by atoms with Gasteiger partial charge in [0.05, 0.1) is 18.4 Å². The van der Waals surface area contributed by atoms with E-state index in [-0.39, 0.29) is 11.7 Å². The van der Waals surface area contributed by atoms with E-state index < -0.39 is 17.6 Å². The van der Waals surface area contributed by atoms with E-state index in [1.165, 1.54) is 12.1 Å². The van der Waals surface area contributed by atoms with Crippen LogP contribution in [0.5, 0.6) is 0 Å². The summed E-state index contributed by atoms with van der Waals surface area (Å²) in [4.78, 5) is 34.1. The van der Waals surface area contributed by atoms with Gasteiger partial charge in [0.2, 0.25) is 5.91 Å². The molecule has 2 heterocycles. The molecule has 0 saturated heterocycles. The number of aromatic amines is 1. The first-order chi connectivity index (χ1) is 12.8. The summed E-state index contributed by atoms with van der Waals surface area (Å²) in [7, 11) is 0. The number of hydrogen-bond donors (Lipinski definition) is 3. The average Bonchev–Trinajstić information content (AvgIpc) is 3.01. The van der Waals surface area contributed by atoms with Gasteiger partial charge in [0.15, 0.2) is 11.0 Å². The number of pyridine rings is 1. The normalized spacial score (nSPS) is 10.6. The number of halogens is 2. The molecule has 1 aromatic carbocycles. The maximum atomic E-state index is 13.0. The summed E-state index contributed by atoms with van der Waals surface area (Å²) in [5, 5.41) is 2.65. The highest BCUT2D eigenvalue weighted by Crippen LogP contribution is 2.31. The second-order valence-corrected chi connectivity index (χ2v) is 6.15. The van der Waals surface area contributed by atoms with E-state index in [0.29, 0.717) is 22.8 Å². The van der Waals surface area contributed by atoms with Crippen LogP contribution in [0.3, 0.4) is 0 Å². The van der Waals surface area contributed by atoms with Crippen LogP contribution in [-0.4, -0.2) is 33.3 Å². The van der Waals surface area contributed by atoms with Crippen LogP contribution in [-0.2, 0) is 4.79 Å². The van der Waals surface area contributed by atoms with Gasteiger partial charge in [-0.15, -0.1) is 0 Å². The lowest BCUT2D eigenvalue weighted by atomic mass is 10.0. The first kappa shape index (κ1) is 18.5. The number of benzene rings is 1. The van der Waals surface area contributed by atoms with Gasteiger partial charge >= 0.3 is 0 Å². The van der Waals surface area contributed by atoms with Crippen molar-refractivity contribution >= 4 is 23.4 Å². The molecule has 3 aromatic rings. The third-order valence-electron chi connectivity index (χ3n) is 3.81. The molecule has 2 aromatic heterocycles. The van der Waals surface area contributed by atoms with Gasteiger partial charge in [0.1, 0.15) is 11.5 Å². The molecular formula is C18H15ClFN5O2. The molecule has 3 rings (SSSR count). The van der Waals surface area contributed by atoms with E-state index in [1.54, 1.807) is 18.2 Å². The van der Waals surface area contributed by atoms with Crippen LogP contribution >= 0.6 is 11.6 Å². The number of aromatic nitrogens is 3. The SMILES string of the molecule is Cc1cc(C(=O)NCC(N)=O)ccc1-c1[nH]c(-c2ccc(F)cn2)nc1Cl. The Morgan fingerprint density at radius 1 is 1.30 bits per heavy atom. The summed E-state index contributed by atoms with van der Waals surface area (Å²) in [6.07, 6.45) is 1.09. The fourth-order valence-electron chi connectivity index (χ4n) is 2.52. The predicted molar refractivity (Wildman–Crippen MR) is 98.5 cm³/mol. The number of H-pyrrole nitrogens is 1. The van der Waals surface area contributed by atoms with Crippen LogP contribution in [0.1, 0.15) is 15.9 Å². The number of aryl methyl sites for hydroxylation is 1. The van der Waals surface area contributed by atoms with Crippen LogP contribution in [0, 0.1) is 12.7 Å². The van der Waals surface area contributed by atoms with Crippen molar-refractivity contribution in [2.75, 3.05) is 6.54 Å². The largest absolute Gasteiger partial charge is 0.368 e. The lowest BCUT2D eigenvalue weighted by Crippen LogP contribution is -2.33. The Hall–Kier alpha value is -3.26. The maximum absolute atomic E-state index is 13.0. The van der Waals surface area contributed by atoms with Crippen LogP contribution < -0.4 is 11.1 Å². The van der Waals surface area contributed by atoms with Gasteiger partial charge in [-0.25, -0.2) is 14.4 Å². The average molecular weight is 388 g/mol. The summed E-state index contributed by atoms with van der Waals surface area (Å²) < 4.78 is 13.0. The fourth-order valence-corrected chi connectivity index (χ4v) is 2.76. The van der Waals surface area contributed by atoms with E-state index >= 15 is 0 Å². The summed E-state index contributed by atoms with van der Waals surface area (Å²) >= 11 is 6.24. The molecule has 27 heavy (non-hydrogen) atoms. The first-order valence-corrected chi connectivity index (χ1v) is 8.28. The van der Waals surface area contributed by atoms with Crippen molar-refractivity contribution in [1.29, 1.82) is 0 Å². The number of nitrogens with one attached hydrogen (secondary N) is 2. The second kappa shape index (κ2) is 7.55. The highest BCUT2D eigenvalue weighted by atomic mass is 35.5. The van der Waals surface area contributed by atoms with Gasteiger partial charge < -0.3 is 16.0 Å². The zero-order valence-corrected chi connectivity index (χ0v) is 15.0. The van der Waals surface area contributed by atoms with Crippen LogP contribution in [0.2, 0.25) is 5.15 Å². The molecule has 0 saturated carbocycles. The molecule has 138 valence electrons. The molecule has 0 aliphatic carbocycles. The summed E-state index contributed by atoms with van der Waals surface area (Å²) in [5.41, 5.74) is 7.92.